The third-order valence-electron chi connectivity index (χ3n) is 4.66. The number of carbonyl (C=O) groups is 1. The number of sulfonamides is 1. The van der Waals surface area contributed by atoms with Crippen molar-refractivity contribution in [3.8, 4) is 0 Å². The maximum atomic E-state index is 12.8. The normalized spacial score (nSPS) is 16.0. The highest BCUT2D eigenvalue weighted by Crippen LogP contribution is 2.25. The number of amides is 1. The molecule has 0 N–H and O–H groups in total. The lowest BCUT2D eigenvalue weighted by Crippen LogP contribution is -2.50. The zero-order valence-corrected chi connectivity index (χ0v) is 16.8. The lowest BCUT2D eigenvalue weighted by Gasteiger charge is -2.33. The second-order valence-corrected chi connectivity index (χ2v) is 9.65. The Morgan fingerprint density at radius 1 is 1.12 bits per heavy atom. The molecule has 1 aromatic heterocycles. The average Bonchev–Trinajstić information content (AvgIpc) is 3.03. The molecule has 0 bridgehead atoms. The fourth-order valence-electron chi connectivity index (χ4n) is 3.17. The Labute approximate surface area is 159 Å². The van der Waals surface area contributed by atoms with Crippen LogP contribution >= 0.6 is 11.3 Å². The van der Waals surface area contributed by atoms with Crippen LogP contribution in [0.5, 0.6) is 0 Å². The summed E-state index contributed by atoms with van der Waals surface area (Å²) in [5, 5.41) is 0. The molecular formula is C19H24N2O3S2. The molecule has 1 saturated heterocycles. The molecule has 5 nitrogen and oxygen atoms in total. The number of piperazine rings is 1. The predicted molar refractivity (Wildman–Crippen MR) is 104 cm³/mol. The number of thiophene rings is 1. The van der Waals surface area contributed by atoms with Crippen LogP contribution in [0.25, 0.3) is 0 Å². The van der Waals surface area contributed by atoms with Crippen LogP contribution in [0.1, 0.15) is 33.5 Å². The number of rotatable bonds is 5. The van der Waals surface area contributed by atoms with Gasteiger partial charge in [-0.3, -0.25) is 4.79 Å². The van der Waals surface area contributed by atoms with E-state index < -0.39 is 10.0 Å². The van der Waals surface area contributed by atoms with Gasteiger partial charge in [-0.15, -0.1) is 11.3 Å². The van der Waals surface area contributed by atoms with Crippen LogP contribution in [0.4, 0.5) is 0 Å². The van der Waals surface area contributed by atoms with E-state index >= 15 is 0 Å². The largest absolute Gasteiger partial charge is 0.335 e. The molecule has 0 spiro atoms. The molecular weight excluding hydrogens is 368 g/mol. The number of benzene rings is 1. The van der Waals surface area contributed by atoms with Crippen molar-refractivity contribution in [1.29, 1.82) is 0 Å². The van der Waals surface area contributed by atoms with Crippen LogP contribution in [-0.2, 0) is 16.4 Å². The van der Waals surface area contributed by atoms with E-state index in [-0.39, 0.29) is 5.91 Å². The fraction of sp³-hybridized carbons (Fsp3) is 0.421. The predicted octanol–water partition coefficient (Wildman–Crippen LogP) is 3.16. The molecule has 1 aliphatic rings. The second-order valence-electron chi connectivity index (χ2n) is 6.45. The van der Waals surface area contributed by atoms with Crippen molar-refractivity contribution in [2.45, 2.75) is 31.6 Å². The minimum atomic E-state index is -3.49. The van der Waals surface area contributed by atoms with Crippen LogP contribution < -0.4 is 0 Å². The summed E-state index contributed by atoms with van der Waals surface area (Å²) >= 11 is 1.54. The summed E-state index contributed by atoms with van der Waals surface area (Å²) in [5.41, 5.74) is 1.24. The van der Waals surface area contributed by atoms with E-state index in [0.29, 0.717) is 31.1 Å². The Morgan fingerprint density at radius 3 is 2.38 bits per heavy atom. The first kappa shape index (κ1) is 19.1. The van der Waals surface area contributed by atoms with Gasteiger partial charge in [0.2, 0.25) is 10.0 Å². The summed E-state index contributed by atoms with van der Waals surface area (Å²) in [6.07, 6.45) is 2.04. The van der Waals surface area contributed by atoms with Gasteiger partial charge >= 0.3 is 0 Å². The molecule has 0 radical (unpaired) electrons. The number of hydrogen-bond acceptors (Lipinski definition) is 4. The summed E-state index contributed by atoms with van der Waals surface area (Å²) < 4.78 is 26.8. The summed E-state index contributed by atoms with van der Waals surface area (Å²) in [7, 11) is -3.49. The highest BCUT2D eigenvalue weighted by molar-refractivity contribution is 7.89. The van der Waals surface area contributed by atoms with E-state index in [1.54, 1.807) is 35.2 Å². The van der Waals surface area contributed by atoms with Gasteiger partial charge < -0.3 is 4.90 Å². The lowest BCUT2D eigenvalue weighted by molar-refractivity contribution is 0.0702. The maximum absolute atomic E-state index is 12.8. The van der Waals surface area contributed by atoms with Gasteiger partial charge in [0.25, 0.3) is 5.91 Å². The lowest BCUT2D eigenvalue weighted by atomic mass is 10.1. The molecule has 1 fully saturated rings. The fourth-order valence-corrected chi connectivity index (χ4v) is 5.65. The van der Waals surface area contributed by atoms with Crippen LogP contribution in [0.15, 0.2) is 41.3 Å². The van der Waals surface area contributed by atoms with E-state index in [4.69, 9.17) is 0 Å². The van der Waals surface area contributed by atoms with Crippen molar-refractivity contribution in [1.82, 2.24) is 9.21 Å². The third-order valence-corrected chi connectivity index (χ3v) is 7.65. The highest BCUT2D eigenvalue weighted by atomic mass is 32.2. The average molecular weight is 393 g/mol. The molecule has 1 aromatic carbocycles. The SMILES string of the molecule is CCCc1cc(C(=O)N2CCN(S(=O)(=O)c3ccccc3)CC2)sc1C. The zero-order valence-electron chi connectivity index (χ0n) is 15.1. The van der Waals surface area contributed by atoms with Crippen LogP contribution in [0.2, 0.25) is 0 Å². The zero-order chi connectivity index (χ0) is 18.7. The Bertz CT molecular complexity index is 867. The van der Waals surface area contributed by atoms with Crippen LogP contribution in [0, 0.1) is 6.92 Å². The van der Waals surface area contributed by atoms with Crippen LogP contribution in [-0.4, -0.2) is 49.7 Å². The third kappa shape index (κ3) is 3.84. The van der Waals surface area contributed by atoms with E-state index in [2.05, 4.69) is 13.8 Å². The van der Waals surface area contributed by atoms with Crippen molar-refractivity contribution in [2.24, 2.45) is 0 Å². The molecule has 0 unspecified atom stereocenters. The summed E-state index contributed by atoms with van der Waals surface area (Å²) in [4.78, 5) is 16.8. The van der Waals surface area contributed by atoms with Crippen molar-refractivity contribution in [3.63, 3.8) is 0 Å². The molecule has 1 amide bonds. The van der Waals surface area contributed by atoms with E-state index in [9.17, 15) is 13.2 Å². The van der Waals surface area contributed by atoms with E-state index in [0.717, 1.165) is 17.7 Å². The maximum Gasteiger partial charge on any atom is 0.264 e. The van der Waals surface area contributed by atoms with Crippen molar-refractivity contribution in [2.75, 3.05) is 26.2 Å². The van der Waals surface area contributed by atoms with Gasteiger partial charge in [0, 0.05) is 31.1 Å². The van der Waals surface area contributed by atoms with Gasteiger partial charge in [0.15, 0.2) is 0 Å². The van der Waals surface area contributed by atoms with Gasteiger partial charge in [-0.2, -0.15) is 4.31 Å². The molecule has 2 aromatic rings. The highest BCUT2D eigenvalue weighted by Gasteiger charge is 2.30. The number of nitrogens with zero attached hydrogens (tertiary/aromatic N) is 2. The Morgan fingerprint density at radius 2 is 1.77 bits per heavy atom. The van der Waals surface area contributed by atoms with E-state index in [1.807, 2.05) is 6.07 Å². The number of aryl methyl sites for hydroxylation is 2. The van der Waals surface area contributed by atoms with Crippen LogP contribution in [0.3, 0.4) is 0 Å². The Kier molecular flexibility index (Phi) is 5.79. The molecule has 26 heavy (non-hydrogen) atoms. The monoisotopic (exact) mass is 392 g/mol. The van der Waals surface area contributed by atoms with Gasteiger partial charge in [-0.1, -0.05) is 31.5 Å². The summed E-state index contributed by atoms with van der Waals surface area (Å²) in [5.74, 6) is 0.0113. The molecule has 0 atom stereocenters. The van der Waals surface area contributed by atoms with Crippen molar-refractivity contribution in [3.05, 3.63) is 51.7 Å². The first-order valence-corrected chi connectivity index (χ1v) is 11.1. The topological polar surface area (TPSA) is 57.7 Å². The summed E-state index contributed by atoms with van der Waals surface area (Å²) in [6.45, 7) is 5.68. The number of hydrogen-bond donors (Lipinski definition) is 0. The molecule has 1 aliphatic heterocycles. The first-order chi connectivity index (χ1) is 12.4. The van der Waals surface area contributed by atoms with Gasteiger partial charge in [-0.25, -0.2) is 8.42 Å². The molecule has 140 valence electrons. The second kappa shape index (κ2) is 7.90. The Hall–Kier alpha value is -1.70. The molecule has 0 aliphatic carbocycles. The van der Waals surface area contributed by atoms with Gasteiger partial charge in [0.05, 0.1) is 9.77 Å². The quantitative estimate of drug-likeness (QED) is 0.785. The van der Waals surface area contributed by atoms with Gasteiger partial charge in [-0.05, 0) is 37.1 Å². The molecule has 3 rings (SSSR count). The minimum Gasteiger partial charge on any atom is -0.335 e. The Balaban J connectivity index is 1.67. The smallest absolute Gasteiger partial charge is 0.264 e. The molecule has 7 heteroatoms. The molecule has 2 heterocycles. The van der Waals surface area contributed by atoms with Gasteiger partial charge in [0.1, 0.15) is 0 Å². The number of carbonyl (C=O) groups excluding carboxylic acids is 1. The van der Waals surface area contributed by atoms with Crippen molar-refractivity contribution < 1.29 is 13.2 Å². The van der Waals surface area contributed by atoms with E-state index in [1.165, 1.54) is 26.1 Å². The molecule has 0 saturated carbocycles. The summed E-state index contributed by atoms with van der Waals surface area (Å²) in [6, 6.07) is 10.5. The van der Waals surface area contributed by atoms with Crippen molar-refractivity contribution >= 4 is 27.3 Å². The minimum absolute atomic E-state index is 0.0113. The standard InChI is InChI=1S/C19H24N2O3S2/c1-3-7-16-14-18(25-15(16)2)19(22)20-10-12-21(13-11-20)26(23,24)17-8-5-4-6-9-17/h4-6,8-9,14H,3,7,10-13H2,1-2H3. The first-order valence-electron chi connectivity index (χ1n) is 8.87.